The first-order valence-corrected chi connectivity index (χ1v) is 6.85. The van der Waals surface area contributed by atoms with E-state index in [1.807, 2.05) is 42.5 Å². The molecule has 0 fully saturated rings. The van der Waals surface area contributed by atoms with E-state index in [2.05, 4.69) is 6.07 Å². The molecule has 4 nitrogen and oxygen atoms in total. The van der Waals surface area contributed by atoms with Gasteiger partial charge in [0.1, 0.15) is 11.5 Å². The lowest BCUT2D eigenvalue weighted by Crippen LogP contribution is -2.05. The number of nitrogens with zero attached hydrogens (tertiary/aromatic N) is 1. The number of nitriles is 1. The van der Waals surface area contributed by atoms with E-state index in [-0.39, 0.29) is 0 Å². The first-order chi connectivity index (χ1) is 10.3. The van der Waals surface area contributed by atoms with Crippen LogP contribution < -0.4 is 15.2 Å². The van der Waals surface area contributed by atoms with Crippen molar-refractivity contribution in [2.75, 3.05) is 18.9 Å². The third-order valence-corrected chi connectivity index (χ3v) is 2.89. The molecule has 0 radical (unpaired) electrons. The number of hydrogen-bond donors (Lipinski definition) is 1. The molecule has 2 rings (SSSR count). The van der Waals surface area contributed by atoms with Crippen molar-refractivity contribution in [2.24, 2.45) is 0 Å². The Kier molecular flexibility index (Phi) is 5.48. The highest BCUT2D eigenvalue weighted by molar-refractivity contribution is 5.43. The van der Waals surface area contributed by atoms with E-state index in [0.29, 0.717) is 25.3 Å². The topological polar surface area (TPSA) is 68.3 Å². The standard InChI is InChI=1S/C17H18N2O2/c18-10-9-14-5-7-16(8-6-14)20-11-2-12-21-17-4-1-3-15(19)13-17/h1,3-8,13H,2,9,11-12,19H2. The molecule has 0 bridgehead atoms. The van der Waals surface area contributed by atoms with E-state index in [4.69, 9.17) is 20.5 Å². The first kappa shape index (κ1) is 14.7. The van der Waals surface area contributed by atoms with Gasteiger partial charge in [0.05, 0.1) is 25.7 Å². The van der Waals surface area contributed by atoms with Gasteiger partial charge in [-0.2, -0.15) is 5.26 Å². The second-order valence-electron chi connectivity index (χ2n) is 4.60. The number of anilines is 1. The third-order valence-electron chi connectivity index (χ3n) is 2.89. The van der Waals surface area contributed by atoms with Crippen molar-refractivity contribution >= 4 is 5.69 Å². The predicted molar refractivity (Wildman–Crippen MR) is 82.2 cm³/mol. The molecule has 0 aliphatic carbocycles. The maximum Gasteiger partial charge on any atom is 0.121 e. The molecule has 2 aromatic rings. The Morgan fingerprint density at radius 1 is 0.952 bits per heavy atom. The second kappa shape index (κ2) is 7.81. The highest BCUT2D eigenvalue weighted by Gasteiger charge is 1.97. The van der Waals surface area contributed by atoms with Crippen LogP contribution in [0.1, 0.15) is 12.0 Å². The zero-order chi connectivity index (χ0) is 14.9. The molecule has 2 aromatic carbocycles. The zero-order valence-electron chi connectivity index (χ0n) is 11.8. The summed E-state index contributed by atoms with van der Waals surface area (Å²) < 4.78 is 11.2. The Bertz CT molecular complexity index is 603. The minimum absolute atomic E-state index is 0.425. The molecule has 0 heterocycles. The van der Waals surface area contributed by atoms with Gasteiger partial charge in [0.25, 0.3) is 0 Å². The number of benzene rings is 2. The molecule has 0 unspecified atom stereocenters. The van der Waals surface area contributed by atoms with Gasteiger partial charge in [-0.1, -0.05) is 18.2 Å². The van der Waals surface area contributed by atoms with Crippen LogP contribution in [0.4, 0.5) is 5.69 Å². The smallest absolute Gasteiger partial charge is 0.121 e. The summed E-state index contributed by atoms with van der Waals surface area (Å²) in [6, 6.07) is 17.1. The summed E-state index contributed by atoms with van der Waals surface area (Å²) in [7, 11) is 0. The van der Waals surface area contributed by atoms with Crippen LogP contribution in [0.2, 0.25) is 0 Å². The fourth-order valence-electron chi connectivity index (χ4n) is 1.84. The van der Waals surface area contributed by atoms with Gasteiger partial charge in [-0.15, -0.1) is 0 Å². The van der Waals surface area contributed by atoms with Crippen LogP contribution in [-0.4, -0.2) is 13.2 Å². The van der Waals surface area contributed by atoms with Crippen molar-refractivity contribution in [1.82, 2.24) is 0 Å². The van der Waals surface area contributed by atoms with Crippen molar-refractivity contribution in [3.63, 3.8) is 0 Å². The normalized spacial score (nSPS) is 9.86. The highest BCUT2D eigenvalue weighted by atomic mass is 16.5. The molecular formula is C17H18N2O2. The van der Waals surface area contributed by atoms with Gasteiger partial charge in [0.15, 0.2) is 0 Å². The third kappa shape index (κ3) is 5.07. The van der Waals surface area contributed by atoms with Gasteiger partial charge >= 0.3 is 0 Å². The second-order valence-corrected chi connectivity index (χ2v) is 4.60. The van der Waals surface area contributed by atoms with Crippen LogP contribution in [-0.2, 0) is 6.42 Å². The van der Waals surface area contributed by atoms with Crippen molar-refractivity contribution in [3.8, 4) is 17.6 Å². The highest BCUT2D eigenvalue weighted by Crippen LogP contribution is 2.15. The number of ether oxygens (including phenoxy) is 2. The van der Waals surface area contributed by atoms with Gasteiger partial charge in [-0.05, 0) is 29.8 Å². The summed E-state index contributed by atoms with van der Waals surface area (Å²) in [5.41, 5.74) is 7.36. The summed E-state index contributed by atoms with van der Waals surface area (Å²) in [6.45, 7) is 1.16. The van der Waals surface area contributed by atoms with Crippen molar-refractivity contribution < 1.29 is 9.47 Å². The summed E-state index contributed by atoms with van der Waals surface area (Å²) in [6.07, 6.45) is 1.21. The van der Waals surface area contributed by atoms with Gasteiger partial charge in [-0.3, -0.25) is 0 Å². The molecule has 0 atom stereocenters. The number of nitrogen functional groups attached to an aromatic ring is 1. The van der Waals surface area contributed by atoms with Crippen LogP contribution in [0.15, 0.2) is 48.5 Å². The van der Waals surface area contributed by atoms with Crippen molar-refractivity contribution in [1.29, 1.82) is 5.26 Å². The van der Waals surface area contributed by atoms with E-state index in [1.165, 1.54) is 0 Å². The quantitative estimate of drug-likeness (QED) is 0.625. The first-order valence-electron chi connectivity index (χ1n) is 6.85. The Morgan fingerprint density at radius 2 is 1.67 bits per heavy atom. The van der Waals surface area contributed by atoms with Gasteiger partial charge in [-0.25, -0.2) is 0 Å². The Morgan fingerprint density at radius 3 is 2.33 bits per heavy atom. The molecule has 0 aliphatic rings. The number of hydrogen-bond acceptors (Lipinski definition) is 4. The van der Waals surface area contributed by atoms with Crippen LogP contribution in [0, 0.1) is 11.3 Å². The molecular weight excluding hydrogens is 264 g/mol. The van der Waals surface area contributed by atoms with Crippen LogP contribution in [0.3, 0.4) is 0 Å². The molecule has 108 valence electrons. The van der Waals surface area contributed by atoms with Gasteiger partial charge in [0, 0.05) is 18.2 Å². The summed E-state index contributed by atoms with van der Waals surface area (Å²) in [5.74, 6) is 1.58. The molecule has 0 amide bonds. The molecule has 21 heavy (non-hydrogen) atoms. The Balaban J connectivity index is 1.66. The summed E-state index contributed by atoms with van der Waals surface area (Å²) >= 11 is 0. The fourth-order valence-corrected chi connectivity index (χ4v) is 1.84. The SMILES string of the molecule is N#CCc1ccc(OCCCOc2cccc(N)c2)cc1. The Hall–Kier alpha value is -2.67. The zero-order valence-corrected chi connectivity index (χ0v) is 11.8. The number of rotatable bonds is 7. The van der Waals surface area contributed by atoms with Crippen LogP contribution in [0.25, 0.3) is 0 Å². The van der Waals surface area contributed by atoms with Gasteiger partial charge < -0.3 is 15.2 Å². The van der Waals surface area contributed by atoms with E-state index in [0.717, 1.165) is 23.5 Å². The predicted octanol–water partition coefficient (Wildman–Crippen LogP) is 3.18. The lowest BCUT2D eigenvalue weighted by atomic mass is 10.2. The maximum atomic E-state index is 8.60. The Labute approximate surface area is 124 Å². The number of nitrogens with two attached hydrogens (primary N) is 1. The van der Waals surface area contributed by atoms with Crippen LogP contribution >= 0.6 is 0 Å². The molecule has 0 saturated heterocycles. The molecule has 0 saturated carbocycles. The molecule has 4 heteroatoms. The molecule has 0 aromatic heterocycles. The van der Waals surface area contributed by atoms with Crippen molar-refractivity contribution in [3.05, 3.63) is 54.1 Å². The largest absolute Gasteiger partial charge is 0.493 e. The molecule has 2 N–H and O–H groups in total. The lowest BCUT2D eigenvalue weighted by molar-refractivity contribution is 0.247. The van der Waals surface area contributed by atoms with E-state index >= 15 is 0 Å². The lowest BCUT2D eigenvalue weighted by Gasteiger charge is -2.08. The monoisotopic (exact) mass is 282 g/mol. The average molecular weight is 282 g/mol. The summed E-state index contributed by atoms with van der Waals surface area (Å²) in [4.78, 5) is 0. The minimum atomic E-state index is 0.425. The maximum absolute atomic E-state index is 8.60. The van der Waals surface area contributed by atoms with E-state index in [9.17, 15) is 0 Å². The summed E-state index contributed by atoms with van der Waals surface area (Å²) in [5, 5.41) is 8.60. The van der Waals surface area contributed by atoms with E-state index in [1.54, 1.807) is 6.07 Å². The van der Waals surface area contributed by atoms with Crippen molar-refractivity contribution in [2.45, 2.75) is 12.8 Å². The van der Waals surface area contributed by atoms with Crippen LogP contribution in [0.5, 0.6) is 11.5 Å². The van der Waals surface area contributed by atoms with Gasteiger partial charge in [0.2, 0.25) is 0 Å². The molecule has 0 aliphatic heterocycles. The molecule has 0 spiro atoms. The van der Waals surface area contributed by atoms with E-state index < -0.39 is 0 Å². The average Bonchev–Trinajstić information content (AvgIpc) is 2.49. The fraction of sp³-hybridized carbons (Fsp3) is 0.235. The minimum Gasteiger partial charge on any atom is -0.493 e.